The van der Waals surface area contributed by atoms with Crippen molar-refractivity contribution in [2.45, 2.75) is 29.6 Å². The lowest BCUT2D eigenvalue weighted by molar-refractivity contribution is -0.153. The van der Waals surface area contributed by atoms with E-state index in [4.69, 9.17) is 4.74 Å². The fraction of sp³-hybridized carbons (Fsp3) is 0.211. The van der Waals surface area contributed by atoms with Gasteiger partial charge in [0.25, 0.3) is 5.91 Å². The van der Waals surface area contributed by atoms with E-state index in [0.717, 1.165) is 4.90 Å². The number of carbonyl (C=O) groups is 3. The predicted octanol–water partition coefficient (Wildman–Crippen LogP) is 3.20. The summed E-state index contributed by atoms with van der Waals surface area (Å²) >= 11 is 1.28. The highest BCUT2D eigenvalue weighted by molar-refractivity contribution is 8.01. The minimum absolute atomic E-state index is 0.154. The van der Waals surface area contributed by atoms with Gasteiger partial charge < -0.3 is 15.4 Å². The van der Waals surface area contributed by atoms with Gasteiger partial charge in [0.05, 0.1) is 17.4 Å². The Hall–Kier alpha value is -2.87. The van der Waals surface area contributed by atoms with E-state index in [1.807, 2.05) is 18.2 Å². The zero-order valence-electron chi connectivity index (χ0n) is 14.4. The van der Waals surface area contributed by atoms with Gasteiger partial charge in [-0.1, -0.05) is 12.1 Å². The van der Waals surface area contributed by atoms with Crippen molar-refractivity contribution < 1.29 is 23.5 Å². The first-order chi connectivity index (χ1) is 12.9. The van der Waals surface area contributed by atoms with Crippen LogP contribution in [0.3, 0.4) is 0 Å². The Morgan fingerprint density at radius 3 is 2.67 bits per heavy atom. The Morgan fingerprint density at radius 2 is 1.93 bits per heavy atom. The van der Waals surface area contributed by atoms with Crippen molar-refractivity contribution in [2.75, 3.05) is 10.6 Å². The summed E-state index contributed by atoms with van der Waals surface area (Å²) in [5.74, 6) is -1.89. The lowest BCUT2D eigenvalue weighted by Crippen LogP contribution is -2.34. The molecule has 6 nitrogen and oxygen atoms in total. The Labute approximate surface area is 159 Å². The van der Waals surface area contributed by atoms with E-state index in [-0.39, 0.29) is 12.3 Å². The van der Waals surface area contributed by atoms with E-state index in [1.165, 1.54) is 43.0 Å². The van der Waals surface area contributed by atoms with E-state index in [1.54, 1.807) is 6.07 Å². The number of nitrogens with one attached hydrogen (secondary N) is 2. The highest BCUT2D eigenvalue weighted by Crippen LogP contribution is 2.36. The van der Waals surface area contributed by atoms with E-state index in [2.05, 4.69) is 10.6 Å². The summed E-state index contributed by atoms with van der Waals surface area (Å²) in [5, 5.41) is 4.66. The van der Waals surface area contributed by atoms with Crippen molar-refractivity contribution in [3.63, 3.8) is 0 Å². The van der Waals surface area contributed by atoms with Gasteiger partial charge in [-0.2, -0.15) is 0 Å². The fourth-order valence-corrected chi connectivity index (χ4v) is 3.55. The summed E-state index contributed by atoms with van der Waals surface area (Å²) in [4.78, 5) is 37.2. The maximum Gasteiger partial charge on any atom is 0.308 e. The summed E-state index contributed by atoms with van der Waals surface area (Å²) in [6.45, 7) is 1.43. The number of hydrogen-bond donors (Lipinski definition) is 2. The number of ether oxygens (including phenoxy) is 1. The lowest BCUT2D eigenvalue weighted by atomic mass is 10.2. The number of anilines is 2. The third kappa shape index (κ3) is 4.85. The molecular formula is C19H17FN2O4S. The van der Waals surface area contributed by atoms with Crippen molar-refractivity contribution in [3.8, 4) is 0 Å². The Morgan fingerprint density at radius 1 is 1.22 bits per heavy atom. The average Bonchev–Trinajstić information content (AvgIpc) is 2.64. The van der Waals surface area contributed by atoms with E-state index in [0.29, 0.717) is 11.4 Å². The number of esters is 1. The number of para-hydroxylation sites is 1. The third-order valence-electron chi connectivity index (χ3n) is 3.85. The Bertz CT molecular complexity index is 872. The summed E-state index contributed by atoms with van der Waals surface area (Å²) in [6, 6.07) is 12.5. The van der Waals surface area contributed by atoms with Gasteiger partial charge in [-0.25, -0.2) is 4.39 Å². The topological polar surface area (TPSA) is 84.5 Å². The van der Waals surface area contributed by atoms with Gasteiger partial charge in [0, 0.05) is 10.6 Å². The molecular weight excluding hydrogens is 371 g/mol. The van der Waals surface area contributed by atoms with Gasteiger partial charge in [0.2, 0.25) is 5.91 Å². The number of halogens is 1. The Kier molecular flexibility index (Phi) is 5.75. The molecule has 2 N–H and O–H groups in total. The summed E-state index contributed by atoms with van der Waals surface area (Å²) in [6.07, 6.45) is -1.20. The molecule has 0 saturated carbocycles. The van der Waals surface area contributed by atoms with Crippen LogP contribution < -0.4 is 10.6 Å². The van der Waals surface area contributed by atoms with E-state index in [9.17, 15) is 18.8 Å². The van der Waals surface area contributed by atoms with Gasteiger partial charge in [0.1, 0.15) is 5.82 Å². The van der Waals surface area contributed by atoms with Crippen molar-refractivity contribution >= 4 is 40.9 Å². The lowest BCUT2D eigenvalue weighted by Gasteiger charge is -2.23. The highest BCUT2D eigenvalue weighted by Gasteiger charge is 2.30. The molecule has 1 aliphatic rings. The number of hydrogen-bond acceptors (Lipinski definition) is 5. The number of benzene rings is 2. The second-order valence-electron chi connectivity index (χ2n) is 5.92. The first-order valence-electron chi connectivity index (χ1n) is 8.25. The van der Waals surface area contributed by atoms with Crippen molar-refractivity contribution in [2.24, 2.45) is 0 Å². The summed E-state index contributed by atoms with van der Waals surface area (Å²) < 4.78 is 18.0. The number of fused-ring (bicyclic) bond motifs is 1. The smallest absolute Gasteiger partial charge is 0.308 e. The average molecular weight is 388 g/mol. The molecule has 0 saturated heterocycles. The minimum atomic E-state index is -1.05. The van der Waals surface area contributed by atoms with E-state index >= 15 is 0 Å². The molecule has 8 heteroatoms. The molecule has 2 aromatic carbocycles. The predicted molar refractivity (Wildman–Crippen MR) is 99.9 cm³/mol. The van der Waals surface area contributed by atoms with Gasteiger partial charge in [-0.05, 0) is 43.3 Å². The summed E-state index contributed by atoms with van der Waals surface area (Å²) in [5.41, 5.74) is 1.10. The maximum atomic E-state index is 12.9. The van der Waals surface area contributed by atoms with Gasteiger partial charge in [-0.3, -0.25) is 14.4 Å². The van der Waals surface area contributed by atoms with Gasteiger partial charge in [0.15, 0.2) is 6.10 Å². The van der Waals surface area contributed by atoms with Crippen molar-refractivity contribution in [3.05, 3.63) is 54.3 Å². The molecule has 2 amide bonds. The number of amides is 2. The highest BCUT2D eigenvalue weighted by atomic mass is 32.2. The second-order valence-corrected chi connectivity index (χ2v) is 7.17. The molecule has 1 heterocycles. The second kappa shape index (κ2) is 8.22. The molecule has 2 aromatic rings. The van der Waals surface area contributed by atoms with Crippen molar-refractivity contribution in [1.29, 1.82) is 0 Å². The van der Waals surface area contributed by atoms with Gasteiger partial charge >= 0.3 is 5.97 Å². The monoisotopic (exact) mass is 388 g/mol. The molecule has 0 aliphatic carbocycles. The van der Waals surface area contributed by atoms with Crippen LogP contribution in [0.4, 0.5) is 15.8 Å². The molecule has 0 aromatic heterocycles. The zero-order chi connectivity index (χ0) is 19.4. The molecule has 0 unspecified atom stereocenters. The fourth-order valence-electron chi connectivity index (χ4n) is 2.45. The van der Waals surface area contributed by atoms with Crippen LogP contribution >= 0.6 is 11.8 Å². The van der Waals surface area contributed by atoms with Crippen LogP contribution in [0.2, 0.25) is 0 Å². The van der Waals surface area contributed by atoms with Crippen LogP contribution in [0.1, 0.15) is 13.3 Å². The van der Waals surface area contributed by atoms with Crippen LogP contribution in [-0.2, 0) is 19.1 Å². The number of thioether (sulfide) groups is 1. The molecule has 0 bridgehead atoms. The minimum Gasteiger partial charge on any atom is -0.452 e. The maximum absolute atomic E-state index is 12.9. The standard InChI is InChI=1S/C19H17FN2O4S/c1-11(18(24)21-13-8-6-12(20)7-9-13)26-17(23)10-16-19(25)22-14-4-2-3-5-15(14)27-16/h2-9,11,16H,10H2,1H3,(H,21,24)(H,22,25)/t11-,16-/m0/s1. The zero-order valence-corrected chi connectivity index (χ0v) is 15.2. The first-order valence-corrected chi connectivity index (χ1v) is 9.13. The number of rotatable bonds is 5. The molecule has 3 rings (SSSR count). The molecule has 2 atom stereocenters. The molecule has 0 fully saturated rings. The molecule has 0 radical (unpaired) electrons. The SMILES string of the molecule is C[C@H](OC(=O)C[C@@H]1Sc2ccccc2NC1=O)C(=O)Nc1ccc(F)cc1. The molecule has 140 valence electrons. The van der Waals surface area contributed by atoms with Gasteiger partial charge in [-0.15, -0.1) is 11.8 Å². The summed E-state index contributed by atoms with van der Waals surface area (Å²) in [7, 11) is 0. The van der Waals surface area contributed by atoms with Crippen LogP contribution in [0.25, 0.3) is 0 Å². The third-order valence-corrected chi connectivity index (χ3v) is 5.12. The van der Waals surface area contributed by atoms with E-state index < -0.39 is 29.0 Å². The van der Waals surface area contributed by atoms with Crippen LogP contribution in [0, 0.1) is 5.82 Å². The van der Waals surface area contributed by atoms with Crippen LogP contribution in [-0.4, -0.2) is 29.1 Å². The molecule has 0 spiro atoms. The first kappa shape index (κ1) is 18.9. The Balaban J connectivity index is 1.53. The molecule has 1 aliphatic heterocycles. The van der Waals surface area contributed by atoms with Crippen LogP contribution in [0.15, 0.2) is 53.4 Å². The number of carbonyl (C=O) groups excluding carboxylic acids is 3. The van der Waals surface area contributed by atoms with Crippen molar-refractivity contribution in [1.82, 2.24) is 0 Å². The quantitative estimate of drug-likeness (QED) is 0.769. The van der Waals surface area contributed by atoms with Crippen LogP contribution in [0.5, 0.6) is 0 Å². The molecule has 27 heavy (non-hydrogen) atoms. The largest absolute Gasteiger partial charge is 0.452 e. The normalized spacial score (nSPS) is 16.7.